The van der Waals surface area contributed by atoms with Crippen molar-refractivity contribution in [3.8, 4) is 0 Å². The second kappa shape index (κ2) is 6.62. The average Bonchev–Trinajstić information content (AvgIpc) is 3.05. The number of thioether (sulfide) groups is 1. The smallest absolute Gasteiger partial charge is 0.269 e. The fraction of sp³-hybridized carbons (Fsp3) is 0.143. The first-order valence-electron chi connectivity index (χ1n) is 6.90. The first-order chi connectivity index (χ1) is 11.5. The van der Waals surface area contributed by atoms with Gasteiger partial charge >= 0.3 is 0 Å². The molecule has 0 aliphatic heterocycles. The Morgan fingerprint density at radius 2 is 2.04 bits per heavy atom. The van der Waals surface area contributed by atoms with E-state index in [1.165, 1.54) is 48.7 Å². The number of aromatic nitrogens is 4. The normalized spacial score (nSPS) is 12.0. The highest BCUT2D eigenvalue weighted by atomic mass is 32.2. The van der Waals surface area contributed by atoms with Gasteiger partial charge in [-0.1, -0.05) is 11.8 Å². The number of non-ortho nitro benzene ring substituents is 1. The van der Waals surface area contributed by atoms with E-state index in [0.29, 0.717) is 21.9 Å². The van der Waals surface area contributed by atoms with Crippen LogP contribution in [0.1, 0.15) is 6.92 Å². The van der Waals surface area contributed by atoms with Crippen LogP contribution in [-0.2, 0) is 4.79 Å². The van der Waals surface area contributed by atoms with Crippen LogP contribution in [0.25, 0.3) is 11.2 Å². The number of imidazole rings is 1. The molecule has 2 N–H and O–H groups in total. The number of nitro benzene ring substituents is 1. The quantitative estimate of drug-likeness (QED) is 0.315. The van der Waals surface area contributed by atoms with Gasteiger partial charge in [-0.2, -0.15) is 0 Å². The standard InChI is InChI=1S/C14H12N6O3S/c1-8(24-14-11-12(16-6-15-11)17-7-18-14)13(21)19-9-2-4-10(5-3-9)20(22)23/h2-8H,1H3,(H,19,21)(H,15,16,17,18)/t8-/m1/s1. The molecular formula is C14H12N6O3S. The zero-order chi connectivity index (χ0) is 17.1. The molecule has 0 saturated carbocycles. The van der Waals surface area contributed by atoms with E-state index in [0.717, 1.165) is 0 Å². The number of nitro groups is 1. The van der Waals surface area contributed by atoms with Crippen molar-refractivity contribution >= 4 is 40.2 Å². The van der Waals surface area contributed by atoms with Gasteiger partial charge in [-0.3, -0.25) is 14.9 Å². The van der Waals surface area contributed by atoms with Crippen LogP contribution in [0.5, 0.6) is 0 Å². The summed E-state index contributed by atoms with van der Waals surface area (Å²) in [4.78, 5) is 37.6. The lowest BCUT2D eigenvalue weighted by Crippen LogP contribution is -2.22. The third-order valence-electron chi connectivity index (χ3n) is 3.19. The molecule has 0 aliphatic carbocycles. The summed E-state index contributed by atoms with van der Waals surface area (Å²) in [6, 6.07) is 5.66. The van der Waals surface area contributed by atoms with E-state index in [1.807, 2.05) is 0 Å². The van der Waals surface area contributed by atoms with Gasteiger partial charge in [-0.15, -0.1) is 0 Å². The Hall–Kier alpha value is -3.01. The lowest BCUT2D eigenvalue weighted by molar-refractivity contribution is -0.384. The minimum absolute atomic E-state index is 0.0296. The summed E-state index contributed by atoms with van der Waals surface area (Å²) in [6.07, 6.45) is 2.91. The number of H-pyrrole nitrogens is 1. The predicted molar refractivity (Wildman–Crippen MR) is 88.7 cm³/mol. The van der Waals surface area contributed by atoms with Crippen molar-refractivity contribution in [3.05, 3.63) is 47.0 Å². The van der Waals surface area contributed by atoms with Crippen molar-refractivity contribution in [2.75, 3.05) is 5.32 Å². The molecule has 0 aliphatic rings. The molecule has 3 aromatic rings. The molecule has 122 valence electrons. The van der Waals surface area contributed by atoms with Gasteiger partial charge in [0, 0.05) is 17.8 Å². The molecular weight excluding hydrogens is 332 g/mol. The molecule has 2 aromatic heterocycles. The van der Waals surface area contributed by atoms with E-state index in [4.69, 9.17) is 0 Å². The highest BCUT2D eigenvalue weighted by molar-refractivity contribution is 8.00. The Morgan fingerprint density at radius 3 is 2.75 bits per heavy atom. The largest absolute Gasteiger partial charge is 0.341 e. The molecule has 24 heavy (non-hydrogen) atoms. The van der Waals surface area contributed by atoms with Crippen LogP contribution in [0.2, 0.25) is 0 Å². The van der Waals surface area contributed by atoms with Gasteiger partial charge in [0.15, 0.2) is 5.65 Å². The van der Waals surface area contributed by atoms with Crippen molar-refractivity contribution in [1.29, 1.82) is 0 Å². The van der Waals surface area contributed by atoms with Crippen LogP contribution in [0.3, 0.4) is 0 Å². The van der Waals surface area contributed by atoms with E-state index >= 15 is 0 Å². The van der Waals surface area contributed by atoms with Crippen molar-refractivity contribution in [3.63, 3.8) is 0 Å². The number of benzene rings is 1. The Morgan fingerprint density at radius 1 is 1.29 bits per heavy atom. The molecule has 0 fully saturated rings. The number of carbonyl (C=O) groups excluding carboxylic acids is 1. The molecule has 0 spiro atoms. The summed E-state index contributed by atoms with van der Waals surface area (Å²) in [7, 11) is 0. The van der Waals surface area contributed by atoms with Gasteiger partial charge < -0.3 is 10.3 Å². The number of aromatic amines is 1. The van der Waals surface area contributed by atoms with Gasteiger partial charge in [0.1, 0.15) is 16.9 Å². The Labute approximate surface area is 140 Å². The van der Waals surface area contributed by atoms with Gasteiger partial charge in [-0.25, -0.2) is 15.0 Å². The maximum atomic E-state index is 12.3. The highest BCUT2D eigenvalue weighted by Crippen LogP contribution is 2.27. The first kappa shape index (κ1) is 15.9. The van der Waals surface area contributed by atoms with E-state index in [2.05, 4.69) is 25.3 Å². The molecule has 10 heteroatoms. The fourth-order valence-corrected chi connectivity index (χ4v) is 2.84. The van der Waals surface area contributed by atoms with E-state index < -0.39 is 10.2 Å². The van der Waals surface area contributed by atoms with E-state index in [1.54, 1.807) is 6.92 Å². The molecule has 0 saturated heterocycles. The molecule has 0 bridgehead atoms. The zero-order valence-corrected chi connectivity index (χ0v) is 13.3. The second-order valence-electron chi connectivity index (χ2n) is 4.83. The Bertz CT molecular complexity index is 895. The number of anilines is 1. The average molecular weight is 344 g/mol. The maximum absolute atomic E-state index is 12.3. The summed E-state index contributed by atoms with van der Waals surface area (Å²) in [5, 5.41) is 13.5. The molecule has 1 amide bonds. The highest BCUT2D eigenvalue weighted by Gasteiger charge is 2.18. The van der Waals surface area contributed by atoms with Crippen LogP contribution in [0.15, 0.2) is 41.9 Å². The predicted octanol–water partition coefficient (Wildman–Crippen LogP) is 2.38. The van der Waals surface area contributed by atoms with Crippen LogP contribution in [0.4, 0.5) is 11.4 Å². The number of nitrogens with one attached hydrogen (secondary N) is 2. The molecule has 3 rings (SSSR count). The second-order valence-corrected chi connectivity index (χ2v) is 6.16. The molecule has 0 radical (unpaired) electrons. The van der Waals surface area contributed by atoms with Crippen LogP contribution < -0.4 is 5.32 Å². The third-order valence-corrected chi connectivity index (χ3v) is 4.29. The van der Waals surface area contributed by atoms with Crippen molar-refractivity contribution in [2.45, 2.75) is 17.2 Å². The van der Waals surface area contributed by atoms with Crippen molar-refractivity contribution in [2.24, 2.45) is 0 Å². The first-order valence-corrected chi connectivity index (χ1v) is 7.78. The third kappa shape index (κ3) is 3.33. The number of rotatable bonds is 5. The number of carbonyl (C=O) groups is 1. The van der Waals surface area contributed by atoms with Crippen molar-refractivity contribution in [1.82, 2.24) is 19.9 Å². The van der Waals surface area contributed by atoms with Crippen LogP contribution in [-0.4, -0.2) is 36.0 Å². The number of nitrogens with zero attached hydrogens (tertiary/aromatic N) is 4. The van der Waals surface area contributed by atoms with Crippen LogP contribution in [0, 0.1) is 10.1 Å². The van der Waals surface area contributed by atoms with E-state index in [-0.39, 0.29) is 11.6 Å². The summed E-state index contributed by atoms with van der Waals surface area (Å²) in [6.45, 7) is 1.75. The fourth-order valence-electron chi connectivity index (χ4n) is 1.96. The Balaban J connectivity index is 1.68. The lowest BCUT2D eigenvalue weighted by atomic mass is 10.3. The summed E-state index contributed by atoms with van der Waals surface area (Å²) < 4.78 is 0. The van der Waals surface area contributed by atoms with Gasteiger partial charge in [-0.05, 0) is 19.1 Å². The lowest BCUT2D eigenvalue weighted by Gasteiger charge is -2.11. The molecule has 2 heterocycles. The van der Waals surface area contributed by atoms with Gasteiger partial charge in [0.25, 0.3) is 5.69 Å². The molecule has 1 atom stereocenters. The number of fused-ring (bicyclic) bond motifs is 1. The minimum Gasteiger partial charge on any atom is -0.341 e. The number of hydrogen-bond acceptors (Lipinski definition) is 7. The van der Waals surface area contributed by atoms with Gasteiger partial charge in [0.05, 0.1) is 16.5 Å². The summed E-state index contributed by atoms with van der Waals surface area (Å²) in [5.74, 6) is -0.236. The summed E-state index contributed by atoms with van der Waals surface area (Å²) in [5.41, 5.74) is 1.68. The topological polar surface area (TPSA) is 127 Å². The molecule has 9 nitrogen and oxygen atoms in total. The molecule has 0 unspecified atom stereocenters. The minimum atomic E-state index is -0.491. The Kier molecular flexibility index (Phi) is 4.38. The molecule has 1 aromatic carbocycles. The zero-order valence-electron chi connectivity index (χ0n) is 12.5. The van der Waals surface area contributed by atoms with Crippen LogP contribution >= 0.6 is 11.8 Å². The van der Waals surface area contributed by atoms with Gasteiger partial charge in [0.2, 0.25) is 5.91 Å². The number of amides is 1. The monoisotopic (exact) mass is 344 g/mol. The number of hydrogen-bond donors (Lipinski definition) is 2. The summed E-state index contributed by atoms with van der Waals surface area (Å²) >= 11 is 1.27. The maximum Gasteiger partial charge on any atom is 0.269 e. The van der Waals surface area contributed by atoms with E-state index in [9.17, 15) is 14.9 Å². The van der Waals surface area contributed by atoms with Crippen molar-refractivity contribution < 1.29 is 9.72 Å². The SMILES string of the molecule is C[C@@H](Sc1ncnc2nc[nH]c12)C(=O)Nc1ccc([N+](=O)[O-])cc1.